The SMILES string of the molecule is C=C(C)c1c(Cl)cccc1-c1ncc2c(N3CCN(C(=O)/C=C/CN4C5CCC4COC5)CC3)nc(OC)nc2c1F. The third kappa shape index (κ3) is 5.34. The number of hydrogen-bond donors (Lipinski definition) is 0. The molecule has 2 bridgehead atoms. The van der Waals surface area contributed by atoms with Gasteiger partial charge in [0.25, 0.3) is 0 Å². The number of pyridine rings is 1. The Labute approximate surface area is 249 Å². The maximum Gasteiger partial charge on any atom is 0.318 e. The van der Waals surface area contributed by atoms with Gasteiger partial charge in [-0.1, -0.05) is 36.4 Å². The van der Waals surface area contributed by atoms with E-state index in [9.17, 15) is 4.79 Å². The number of amides is 1. The summed E-state index contributed by atoms with van der Waals surface area (Å²) in [6, 6.07) is 6.23. The number of ether oxygens (including phenoxy) is 2. The second kappa shape index (κ2) is 11.9. The van der Waals surface area contributed by atoms with E-state index >= 15 is 4.39 Å². The Hall–Kier alpha value is -3.60. The molecule has 3 aromatic rings. The van der Waals surface area contributed by atoms with Gasteiger partial charge < -0.3 is 19.3 Å². The Morgan fingerprint density at radius 1 is 1.19 bits per heavy atom. The lowest BCUT2D eigenvalue weighted by Gasteiger charge is -2.35. The summed E-state index contributed by atoms with van der Waals surface area (Å²) >= 11 is 6.43. The van der Waals surface area contributed by atoms with Crippen LogP contribution in [0.4, 0.5) is 10.2 Å². The third-order valence-electron chi connectivity index (χ3n) is 8.38. The second-order valence-corrected chi connectivity index (χ2v) is 11.4. The first kappa shape index (κ1) is 28.5. The van der Waals surface area contributed by atoms with Crippen molar-refractivity contribution in [3.63, 3.8) is 0 Å². The van der Waals surface area contributed by atoms with Gasteiger partial charge in [0.2, 0.25) is 5.91 Å². The highest BCUT2D eigenvalue weighted by atomic mass is 35.5. The molecule has 2 aromatic heterocycles. The van der Waals surface area contributed by atoms with Crippen LogP contribution < -0.4 is 9.64 Å². The highest BCUT2D eigenvalue weighted by Gasteiger charge is 2.36. The predicted molar refractivity (Wildman–Crippen MR) is 161 cm³/mol. The topological polar surface area (TPSA) is 83.9 Å². The molecule has 0 saturated carbocycles. The summed E-state index contributed by atoms with van der Waals surface area (Å²) < 4.78 is 27.1. The number of halogens is 2. The molecule has 9 nitrogen and oxygen atoms in total. The minimum absolute atomic E-state index is 0.00688. The number of allylic oxidation sites excluding steroid dienone is 1. The molecule has 5 heterocycles. The van der Waals surface area contributed by atoms with E-state index in [0.717, 1.165) is 32.6 Å². The molecule has 6 rings (SSSR count). The number of morpholine rings is 1. The van der Waals surface area contributed by atoms with Gasteiger partial charge in [0.1, 0.15) is 17.0 Å². The fourth-order valence-electron chi connectivity index (χ4n) is 6.23. The summed E-state index contributed by atoms with van der Waals surface area (Å²) in [6.45, 7) is 10.2. The number of fused-ring (bicyclic) bond motifs is 3. The zero-order chi connectivity index (χ0) is 29.4. The minimum atomic E-state index is -0.591. The summed E-state index contributed by atoms with van der Waals surface area (Å²) in [6.07, 6.45) is 7.56. The van der Waals surface area contributed by atoms with Crippen molar-refractivity contribution in [3.05, 3.63) is 59.5 Å². The number of nitrogens with zero attached hydrogens (tertiary/aromatic N) is 6. The van der Waals surface area contributed by atoms with Crippen LogP contribution in [0, 0.1) is 5.82 Å². The van der Waals surface area contributed by atoms with E-state index in [1.54, 1.807) is 30.5 Å². The van der Waals surface area contributed by atoms with Gasteiger partial charge in [0.15, 0.2) is 5.82 Å². The van der Waals surface area contributed by atoms with Crippen LogP contribution in [0.15, 0.2) is 43.1 Å². The monoisotopic (exact) mass is 592 g/mol. The van der Waals surface area contributed by atoms with Crippen LogP contribution in [0.1, 0.15) is 25.3 Å². The van der Waals surface area contributed by atoms with E-state index in [1.807, 2.05) is 22.8 Å². The summed E-state index contributed by atoms with van der Waals surface area (Å²) in [7, 11) is 1.45. The van der Waals surface area contributed by atoms with Crippen LogP contribution in [0.3, 0.4) is 0 Å². The molecule has 0 radical (unpaired) electrons. The van der Waals surface area contributed by atoms with E-state index in [0.29, 0.717) is 71.2 Å². The van der Waals surface area contributed by atoms with Gasteiger partial charge in [-0.25, -0.2) is 4.39 Å². The number of benzene rings is 1. The van der Waals surface area contributed by atoms with Crippen molar-refractivity contribution in [1.29, 1.82) is 0 Å². The van der Waals surface area contributed by atoms with E-state index in [-0.39, 0.29) is 23.1 Å². The first-order chi connectivity index (χ1) is 20.4. The van der Waals surface area contributed by atoms with E-state index < -0.39 is 5.82 Å². The lowest BCUT2D eigenvalue weighted by atomic mass is 9.98. The van der Waals surface area contributed by atoms with Gasteiger partial charge >= 0.3 is 6.01 Å². The lowest BCUT2D eigenvalue weighted by molar-refractivity contribution is -0.126. The standard InChI is InChI=1S/C31H34ClFN6O3/c1-19(2)26-22(6-4-7-24(26)32)28-27(33)29-23(16-34-28)30(36-31(35-29)41-3)38-14-12-37(13-15-38)25(40)8-5-11-39-20-9-10-21(39)18-42-17-20/h4-8,16,20-21H,1,9-15,17-18H2,2-3H3/b8-5+. The fourth-order valence-corrected chi connectivity index (χ4v) is 6.56. The Bertz CT molecular complexity index is 1540. The second-order valence-electron chi connectivity index (χ2n) is 11.0. The molecule has 3 aliphatic rings. The molecular weight excluding hydrogens is 559 g/mol. The van der Waals surface area contributed by atoms with Gasteiger partial charge in [-0.2, -0.15) is 9.97 Å². The number of rotatable bonds is 7. The van der Waals surface area contributed by atoms with Gasteiger partial charge in [-0.15, -0.1) is 0 Å². The zero-order valence-electron chi connectivity index (χ0n) is 23.9. The summed E-state index contributed by atoms with van der Waals surface area (Å²) in [5.41, 5.74) is 2.11. The number of carbonyl (C=O) groups excluding carboxylic acids is 1. The molecule has 3 aliphatic heterocycles. The number of methoxy groups -OCH3 is 1. The highest BCUT2D eigenvalue weighted by Crippen LogP contribution is 2.37. The lowest BCUT2D eigenvalue weighted by Crippen LogP contribution is -2.49. The minimum Gasteiger partial charge on any atom is -0.467 e. The predicted octanol–water partition coefficient (Wildman–Crippen LogP) is 4.59. The zero-order valence-corrected chi connectivity index (χ0v) is 24.6. The summed E-state index contributed by atoms with van der Waals surface area (Å²) in [5, 5.41) is 0.938. The van der Waals surface area contributed by atoms with E-state index in [4.69, 9.17) is 21.1 Å². The molecule has 220 valence electrons. The highest BCUT2D eigenvalue weighted by molar-refractivity contribution is 6.32. The van der Waals surface area contributed by atoms with Crippen molar-refractivity contribution in [2.45, 2.75) is 31.8 Å². The molecule has 0 N–H and O–H groups in total. The molecule has 0 spiro atoms. The normalized spacial score (nSPS) is 21.0. The van der Waals surface area contributed by atoms with Crippen LogP contribution in [-0.4, -0.2) is 95.8 Å². The number of carbonyl (C=O) groups is 1. The first-order valence-electron chi connectivity index (χ1n) is 14.2. The molecule has 2 unspecified atom stereocenters. The largest absolute Gasteiger partial charge is 0.467 e. The molecule has 42 heavy (non-hydrogen) atoms. The average Bonchev–Trinajstić information content (AvgIpc) is 3.21. The molecule has 3 saturated heterocycles. The van der Waals surface area contributed by atoms with Crippen molar-refractivity contribution >= 4 is 39.8 Å². The van der Waals surface area contributed by atoms with Crippen LogP contribution in [0.5, 0.6) is 6.01 Å². The molecule has 11 heteroatoms. The van der Waals surface area contributed by atoms with Crippen LogP contribution >= 0.6 is 11.6 Å². The number of hydrogen-bond acceptors (Lipinski definition) is 8. The Morgan fingerprint density at radius 3 is 2.62 bits per heavy atom. The number of piperazine rings is 1. The smallest absolute Gasteiger partial charge is 0.318 e. The Kier molecular flexibility index (Phi) is 8.11. The number of aromatic nitrogens is 3. The molecule has 1 amide bonds. The average molecular weight is 593 g/mol. The van der Waals surface area contributed by atoms with Gasteiger partial charge in [0, 0.05) is 73.2 Å². The first-order valence-corrected chi connectivity index (χ1v) is 14.6. The van der Waals surface area contributed by atoms with Gasteiger partial charge in [-0.3, -0.25) is 14.7 Å². The summed E-state index contributed by atoms with van der Waals surface area (Å²) in [5.74, 6) is -0.0779. The Morgan fingerprint density at radius 2 is 1.93 bits per heavy atom. The quantitative estimate of drug-likeness (QED) is 0.368. The molecular formula is C31H34ClFN6O3. The fraction of sp³-hybridized carbons (Fsp3) is 0.419. The van der Waals surface area contributed by atoms with Crippen molar-refractivity contribution in [3.8, 4) is 17.3 Å². The molecule has 2 atom stereocenters. The van der Waals surface area contributed by atoms with Gasteiger partial charge in [0.05, 0.1) is 25.7 Å². The van der Waals surface area contributed by atoms with Gasteiger partial charge in [-0.05, 0) is 31.4 Å². The number of anilines is 1. The Balaban J connectivity index is 1.20. The van der Waals surface area contributed by atoms with Crippen LogP contribution in [-0.2, 0) is 9.53 Å². The molecule has 3 fully saturated rings. The van der Waals surface area contributed by atoms with Crippen LogP contribution in [0.25, 0.3) is 27.7 Å². The van der Waals surface area contributed by atoms with Crippen molar-refractivity contribution in [2.75, 3.05) is 57.9 Å². The molecule has 0 aliphatic carbocycles. The van der Waals surface area contributed by atoms with Crippen molar-refractivity contribution in [1.82, 2.24) is 24.8 Å². The summed E-state index contributed by atoms with van der Waals surface area (Å²) in [4.78, 5) is 32.6. The third-order valence-corrected chi connectivity index (χ3v) is 8.70. The maximum atomic E-state index is 16.1. The van der Waals surface area contributed by atoms with Crippen LogP contribution in [0.2, 0.25) is 5.02 Å². The maximum absolute atomic E-state index is 16.1. The molecule has 1 aromatic carbocycles. The van der Waals surface area contributed by atoms with Crippen molar-refractivity contribution in [2.24, 2.45) is 0 Å². The van der Waals surface area contributed by atoms with E-state index in [1.165, 1.54) is 7.11 Å². The van der Waals surface area contributed by atoms with Crippen molar-refractivity contribution < 1.29 is 18.7 Å². The van der Waals surface area contributed by atoms with E-state index in [2.05, 4.69) is 26.4 Å².